The second-order valence-corrected chi connectivity index (χ2v) is 6.31. The Hall–Kier alpha value is -1.64. The fourth-order valence-corrected chi connectivity index (χ4v) is 3.39. The number of fused-ring (bicyclic) bond motifs is 1. The van der Waals surface area contributed by atoms with E-state index in [1.807, 2.05) is 25.1 Å². The number of ether oxygens (including phenoxy) is 1. The van der Waals surface area contributed by atoms with Crippen LogP contribution < -0.4 is 4.74 Å². The maximum absolute atomic E-state index is 13.0. The van der Waals surface area contributed by atoms with Gasteiger partial charge in [0, 0.05) is 23.8 Å². The number of carbonyl (C=O) groups is 2. The number of hydrogen-bond donors (Lipinski definition) is 0. The Kier molecular flexibility index (Phi) is 5.38. The molecule has 0 aliphatic heterocycles. The predicted molar refractivity (Wildman–Crippen MR) is 87.5 cm³/mol. The third-order valence-corrected chi connectivity index (χ3v) is 4.85. The molecule has 2 rings (SSSR count). The first-order valence-electron chi connectivity index (χ1n) is 8.29. The van der Waals surface area contributed by atoms with E-state index in [1.165, 1.54) is 0 Å². The third-order valence-electron chi connectivity index (χ3n) is 4.85. The molecule has 1 atom stereocenters. The zero-order chi connectivity index (χ0) is 16.2. The minimum absolute atomic E-state index is 0.225. The molecule has 0 saturated carbocycles. The molecule has 3 heteroatoms. The van der Waals surface area contributed by atoms with Crippen LogP contribution in [0.3, 0.4) is 0 Å². The van der Waals surface area contributed by atoms with Crippen LogP contribution in [0.1, 0.15) is 68.3 Å². The summed E-state index contributed by atoms with van der Waals surface area (Å²) in [5.41, 5.74) is 1.51. The van der Waals surface area contributed by atoms with Crippen molar-refractivity contribution in [2.24, 2.45) is 5.41 Å². The molecule has 1 aromatic rings. The molecule has 22 heavy (non-hydrogen) atoms. The molecule has 0 radical (unpaired) electrons. The predicted octanol–water partition coefficient (Wildman–Crippen LogP) is 4.37. The van der Waals surface area contributed by atoms with Gasteiger partial charge in [0.15, 0.2) is 5.78 Å². The highest BCUT2D eigenvalue weighted by atomic mass is 16.5. The molecule has 0 amide bonds. The first-order valence-corrected chi connectivity index (χ1v) is 8.29. The molecule has 1 aliphatic carbocycles. The van der Waals surface area contributed by atoms with Crippen molar-refractivity contribution < 1.29 is 14.3 Å². The van der Waals surface area contributed by atoms with Crippen LogP contribution in [0.15, 0.2) is 18.2 Å². The van der Waals surface area contributed by atoms with Gasteiger partial charge in [-0.25, -0.2) is 0 Å². The molecule has 3 nitrogen and oxygen atoms in total. The van der Waals surface area contributed by atoms with E-state index in [0.29, 0.717) is 19.3 Å². The number of carbonyl (C=O) groups excluding carboxylic acids is 2. The molecule has 0 bridgehead atoms. The van der Waals surface area contributed by atoms with Crippen molar-refractivity contribution in [2.45, 2.75) is 58.8 Å². The molecule has 120 valence electrons. The second kappa shape index (κ2) is 7.08. The number of rotatable bonds is 8. The van der Waals surface area contributed by atoms with Gasteiger partial charge in [-0.2, -0.15) is 0 Å². The lowest BCUT2D eigenvalue weighted by Crippen LogP contribution is -2.29. The molecular weight excluding hydrogens is 276 g/mol. The zero-order valence-electron chi connectivity index (χ0n) is 13.9. The van der Waals surface area contributed by atoms with Crippen LogP contribution in [0.2, 0.25) is 0 Å². The summed E-state index contributed by atoms with van der Waals surface area (Å²) < 4.78 is 5.27. The van der Waals surface area contributed by atoms with Gasteiger partial charge in [0.2, 0.25) is 0 Å². The Morgan fingerprint density at radius 2 is 2.05 bits per heavy atom. The van der Waals surface area contributed by atoms with Crippen LogP contribution in [-0.2, 0) is 11.2 Å². The molecule has 0 aromatic heterocycles. The summed E-state index contributed by atoms with van der Waals surface area (Å²) in [6, 6.07) is 5.71. The van der Waals surface area contributed by atoms with Crippen LogP contribution in [0.5, 0.6) is 5.75 Å². The van der Waals surface area contributed by atoms with E-state index in [0.717, 1.165) is 42.6 Å². The van der Waals surface area contributed by atoms with Crippen LogP contribution >= 0.6 is 0 Å². The van der Waals surface area contributed by atoms with Gasteiger partial charge in [-0.15, -0.1) is 0 Å². The Bertz CT molecular complexity index is 562. The number of unbranched alkanes of at least 4 members (excludes halogenated alkanes) is 1. The maximum atomic E-state index is 13.0. The minimum atomic E-state index is -0.379. The van der Waals surface area contributed by atoms with Crippen molar-refractivity contribution in [3.05, 3.63) is 29.3 Å². The second-order valence-electron chi connectivity index (χ2n) is 6.31. The van der Waals surface area contributed by atoms with E-state index in [4.69, 9.17) is 4.74 Å². The Labute approximate surface area is 133 Å². The summed E-state index contributed by atoms with van der Waals surface area (Å²) in [6.07, 6.45) is 5.45. The topological polar surface area (TPSA) is 43.4 Å². The number of methoxy groups -OCH3 is 1. The standard InChI is InChI=1S/C19H26O3/c1-4-6-10-19(11-9-15(20)5-2)13-14-12-16(22-3)7-8-17(14)18(19)21/h7-8,12H,4-6,9-11,13H2,1-3H3. The van der Waals surface area contributed by atoms with Crippen molar-refractivity contribution in [3.8, 4) is 5.75 Å². The summed E-state index contributed by atoms with van der Waals surface area (Å²) in [5, 5.41) is 0. The molecular formula is C19H26O3. The minimum Gasteiger partial charge on any atom is -0.497 e. The van der Waals surface area contributed by atoms with Gasteiger partial charge in [-0.05, 0) is 43.0 Å². The van der Waals surface area contributed by atoms with E-state index in [-0.39, 0.29) is 17.0 Å². The first-order chi connectivity index (χ1) is 10.6. The molecule has 1 unspecified atom stereocenters. The zero-order valence-corrected chi connectivity index (χ0v) is 13.9. The summed E-state index contributed by atoms with van der Waals surface area (Å²) in [6.45, 7) is 4.03. The Morgan fingerprint density at radius 1 is 1.27 bits per heavy atom. The summed E-state index contributed by atoms with van der Waals surface area (Å²) in [4.78, 5) is 24.7. The summed E-state index contributed by atoms with van der Waals surface area (Å²) >= 11 is 0. The van der Waals surface area contributed by atoms with Crippen LogP contribution in [0, 0.1) is 5.41 Å². The first kappa shape index (κ1) is 16.7. The molecule has 1 aromatic carbocycles. The Balaban J connectivity index is 2.26. The lowest BCUT2D eigenvalue weighted by molar-refractivity contribution is -0.119. The molecule has 0 N–H and O–H groups in total. The highest BCUT2D eigenvalue weighted by molar-refractivity contribution is 6.05. The SMILES string of the molecule is CCCCC1(CCC(=O)CC)Cc2cc(OC)ccc2C1=O. The highest BCUT2D eigenvalue weighted by Gasteiger charge is 2.44. The molecule has 0 spiro atoms. The van der Waals surface area contributed by atoms with Gasteiger partial charge in [0.05, 0.1) is 7.11 Å². The molecule has 0 saturated heterocycles. The highest BCUT2D eigenvalue weighted by Crippen LogP contribution is 2.45. The fraction of sp³-hybridized carbons (Fsp3) is 0.579. The number of hydrogen-bond acceptors (Lipinski definition) is 3. The lowest BCUT2D eigenvalue weighted by atomic mass is 9.75. The van der Waals surface area contributed by atoms with Gasteiger partial charge in [-0.1, -0.05) is 26.7 Å². The van der Waals surface area contributed by atoms with E-state index in [2.05, 4.69) is 6.92 Å². The van der Waals surface area contributed by atoms with E-state index >= 15 is 0 Å². The molecule has 1 aliphatic rings. The molecule has 0 fully saturated rings. The lowest BCUT2D eigenvalue weighted by Gasteiger charge is -2.27. The van der Waals surface area contributed by atoms with Crippen LogP contribution in [0.25, 0.3) is 0 Å². The van der Waals surface area contributed by atoms with Crippen molar-refractivity contribution in [2.75, 3.05) is 7.11 Å². The fourth-order valence-electron chi connectivity index (χ4n) is 3.39. The average molecular weight is 302 g/mol. The van der Waals surface area contributed by atoms with E-state index in [9.17, 15) is 9.59 Å². The summed E-state index contributed by atoms with van der Waals surface area (Å²) in [7, 11) is 1.64. The smallest absolute Gasteiger partial charge is 0.169 e. The number of Topliss-reactive ketones (excluding diaryl/α,β-unsaturated/α-hetero) is 2. The van der Waals surface area contributed by atoms with Crippen LogP contribution in [-0.4, -0.2) is 18.7 Å². The van der Waals surface area contributed by atoms with Gasteiger partial charge < -0.3 is 4.74 Å². The average Bonchev–Trinajstić information content (AvgIpc) is 2.82. The van der Waals surface area contributed by atoms with Crippen LogP contribution in [0.4, 0.5) is 0 Å². The Morgan fingerprint density at radius 3 is 2.68 bits per heavy atom. The van der Waals surface area contributed by atoms with E-state index < -0.39 is 0 Å². The third kappa shape index (κ3) is 3.23. The van der Waals surface area contributed by atoms with Gasteiger partial charge in [-0.3, -0.25) is 9.59 Å². The van der Waals surface area contributed by atoms with Gasteiger partial charge in [0.25, 0.3) is 0 Å². The van der Waals surface area contributed by atoms with Gasteiger partial charge in [0.1, 0.15) is 11.5 Å². The summed E-state index contributed by atoms with van der Waals surface area (Å²) in [5.74, 6) is 1.27. The molecule has 0 heterocycles. The quantitative estimate of drug-likeness (QED) is 0.716. The van der Waals surface area contributed by atoms with Crippen molar-refractivity contribution >= 4 is 11.6 Å². The number of ketones is 2. The van der Waals surface area contributed by atoms with Crippen molar-refractivity contribution in [3.63, 3.8) is 0 Å². The maximum Gasteiger partial charge on any atom is 0.169 e. The largest absolute Gasteiger partial charge is 0.497 e. The van der Waals surface area contributed by atoms with Gasteiger partial charge >= 0.3 is 0 Å². The van der Waals surface area contributed by atoms with Crippen molar-refractivity contribution in [1.82, 2.24) is 0 Å². The van der Waals surface area contributed by atoms with E-state index in [1.54, 1.807) is 7.11 Å². The number of benzene rings is 1. The normalized spacial score (nSPS) is 20.0. The van der Waals surface area contributed by atoms with Crippen molar-refractivity contribution in [1.29, 1.82) is 0 Å². The monoisotopic (exact) mass is 302 g/mol.